The Hall–Kier alpha value is -2.82. The number of para-hydroxylation sites is 2. The summed E-state index contributed by atoms with van der Waals surface area (Å²) < 4.78 is 2.16. The van der Waals surface area contributed by atoms with Gasteiger partial charge in [0.25, 0.3) is 0 Å². The number of carbonyl (C=O) groups excluding carboxylic acids is 1. The summed E-state index contributed by atoms with van der Waals surface area (Å²) in [6.45, 7) is 4.99. The molecular weight excluding hydrogens is 336 g/mol. The van der Waals surface area contributed by atoms with Gasteiger partial charge >= 0.3 is 6.03 Å². The maximum absolute atomic E-state index is 12.5. The Kier molecular flexibility index (Phi) is 5.10. The minimum atomic E-state index is 0.0450. The molecule has 0 aliphatic carbocycles. The fraction of sp³-hybridized carbons (Fsp3) is 0.364. The number of likely N-dealkylation sites (tertiary alicyclic amines) is 1. The Labute approximate surface area is 160 Å². The summed E-state index contributed by atoms with van der Waals surface area (Å²) in [5.41, 5.74) is 3.51. The predicted molar refractivity (Wildman–Crippen MR) is 108 cm³/mol. The van der Waals surface area contributed by atoms with Crippen molar-refractivity contribution in [2.24, 2.45) is 0 Å². The first-order chi connectivity index (χ1) is 13.2. The molecule has 1 saturated heterocycles. The number of nitrogens with zero attached hydrogens (tertiary/aromatic N) is 3. The normalized spacial score (nSPS) is 15.2. The molecule has 0 spiro atoms. The summed E-state index contributed by atoms with van der Waals surface area (Å²) in [6.07, 6.45) is 2.06. The highest BCUT2D eigenvalue weighted by Crippen LogP contribution is 2.27. The zero-order valence-electron chi connectivity index (χ0n) is 15.8. The van der Waals surface area contributed by atoms with Crippen molar-refractivity contribution in [3.8, 4) is 0 Å². The van der Waals surface area contributed by atoms with Gasteiger partial charge in [-0.15, -0.1) is 0 Å². The first-order valence-corrected chi connectivity index (χ1v) is 9.72. The van der Waals surface area contributed by atoms with E-state index in [1.807, 2.05) is 30.0 Å². The van der Waals surface area contributed by atoms with E-state index in [9.17, 15) is 4.79 Å². The third-order valence-corrected chi connectivity index (χ3v) is 5.51. The number of amides is 2. The van der Waals surface area contributed by atoms with Gasteiger partial charge in [-0.1, -0.05) is 42.5 Å². The fourth-order valence-electron chi connectivity index (χ4n) is 4.01. The molecule has 5 heteroatoms. The number of urea groups is 1. The number of hydrogen-bond acceptors (Lipinski definition) is 2. The highest BCUT2D eigenvalue weighted by atomic mass is 16.2. The van der Waals surface area contributed by atoms with Crippen LogP contribution in [0.4, 0.5) is 4.79 Å². The molecule has 1 fully saturated rings. The van der Waals surface area contributed by atoms with E-state index in [1.54, 1.807) is 0 Å². The molecule has 1 aliphatic heterocycles. The van der Waals surface area contributed by atoms with Gasteiger partial charge in [0.1, 0.15) is 5.82 Å². The molecule has 140 valence electrons. The molecule has 0 atom stereocenters. The second-order valence-corrected chi connectivity index (χ2v) is 7.20. The topological polar surface area (TPSA) is 50.2 Å². The minimum Gasteiger partial charge on any atom is -0.336 e. The van der Waals surface area contributed by atoms with E-state index >= 15 is 0 Å². The van der Waals surface area contributed by atoms with Crippen LogP contribution in [0.3, 0.4) is 0 Å². The van der Waals surface area contributed by atoms with Gasteiger partial charge in [0.2, 0.25) is 0 Å². The van der Waals surface area contributed by atoms with Gasteiger partial charge in [-0.25, -0.2) is 9.78 Å². The molecular formula is C22H26N4O. The van der Waals surface area contributed by atoms with E-state index in [1.165, 1.54) is 5.56 Å². The lowest BCUT2D eigenvalue weighted by atomic mass is 9.90. The van der Waals surface area contributed by atoms with E-state index in [0.717, 1.165) is 49.3 Å². The van der Waals surface area contributed by atoms with Gasteiger partial charge in [-0.3, -0.25) is 0 Å². The molecule has 2 aromatic carbocycles. The highest BCUT2D eigenvalue weighted by molar-refractivity contribution is 5.76. The van der Waals surface area contributed by atoms with Crippen LogP contribution in [0.2, 0.25) is 0 Å². The Bertz CT molecular complexity index is 910. The summed E-state index contributed by atoms with van der Waals surface area (Å²) in [6, 6.07) is 18.8. The lowest BCUT2D eigenvalue weighted by Crippen LogP contribution is -2.44. The summed E-state index contributed by atoms with van der Waals surface area (Å²) in [5.74, 6) is 1.55. The Balaban J connectivity index is 1.28. The lowest BCUT2D eigenvalue weighted by molar-refractivity contribution is 0.181. The van der Waals surface area contributed by atoms with Crippen molar-refractivity contribution in [3.63, 3.8) is 0 Å². The summed E-state index contributed by atoms with van der Waals surface area (Å²) in [4.78, 5) is 19.0. The molecule has 1 aliphatic rings. The molecule has 27 heavy (non-hydrogen) atoms. The van der Waals surface area contributed by atoms with Gasteiger partial charge in [-0.05, 0) is 43.4 Å². The molecule has 0 unspecified atom stereocenters. The van der Waals surface area contributed by atoms with Crippen LogP contribution in [0.5, 0.6) is 0 Å². The number of imidazole rings is 1. The number of fused-ring (bicyclic) bond motifs is 1. The standard InChI is InChI=1S/C22H26N4O/c1-17-24-20-9-5-6-10-21(20)26(17)16-13-23-22(27)25-14-11-19(12-15-25)18-7-3-2-4-8-18/h2-10,19H,11-16H2,1H3,(H,23,27). The molecule has 0 bridgehead atoms. The van der Waals surface area contributed by atoms with E-state index < -0.39 is 0 Å². The van der Waals surface area contributed by atoms with Gasteiger partial charge in [-0.2, -0.15) is 0 Å². The van der Waals surface area contributed by atoms with E-state index in [2.05, 4.69) is 51.3 Å². The number of rotatable bonds is 4. The number of benzene rings is 2. The van der Waals surface area contributed by atoms with Crippen LogP contribution >= 0.6 is 0 Å². The van der Waals surface area contributed by atoms with Crippen molar-refractivity contribution in [2.75, 3.05) is 19.6 Å². The van der Waals surface area contributed by atoms with Crippen LogP contribution < -0.4 is 5.32 Å². The van der Waals surface area contributed by atoms with Crippen LogP contribution in [0.15, 0.2) is 54.6 Å². The van der Waals surface area contributed by atoms with Gasteiger partial charge in [0, 0.05) is 26.2 Å². The third kappa shape index (κ3) is 3.82. The molecule has 3 aromatic rings. The zero-order chi connectivity index (χ0) is 18.6. The molecule has 2 amide bonds. The molecule has 1 N–H and O–H groups in total. The van der Waals surface area contributed by atoms with Crippen molar-refractivity contribution in [1.29, 1.82) is 0 Å². The van der Waals surface area contributed by atoms with E-state index in [0.29, 0.717) is 12.5 Å². The molecule has 2 heterocycles. The van der Waals surface area contributed by atoms with Crippen LogP contribution in [0.1, 0.15) is 30.1 Å². The largest absolute Gasteiger partial charge is 0.336 e. The van der Waals surface area contributed by atoms with Crippen molar-refractivity contribution in [3.05, 3.63) is 66.0 Å². The van der Waals surface area contributed by atoms with Gasteiger partial charge in [0.05, 0.1) is 11.0 Å². The summed E-state index contributed by atoms with van der Waals surface area (Å²) in [7, 11) is 0. The first-order valence-electron chi connectivity index (χ1n) is 9.72. The smallest absolute Gasteiger partial charge is 0.317 e. The van der Waals surface area contributed by atoms with E-state index in [-0.39, 0.29) is 6.03 Å². The average molecular weight is 362 g/mol. The zero-order valence-corrected chi connectivity index (χ0v) is 15.8. The van der Waals surface area contributed by atoms with Crippen molar-refractivity contribution in [2.45, 2.75) is 32.2 Å². The maximum Gasteiger partial charge on any atom is 0.317 e. The second-order valence-electron chi connectivity index (χ2n) is 7.20. The van der Waals surface area contributed by atoms with Crippen LogP contribution in [0.25, 0.3) is 11.0 Å². The van der Waals surface area contributed by atoms with Crippen molar-refractivity contribution < 1.29 is 4.79 Å². The lowest BCUT2D eigenvalue weighted by Gasteiger charge is -2.32. The quantitative estimate of drug-likeness (QED) is 0.764. The number of hydrogen-bond donors (Lipinski definition) is 1. The molecule has 1 aromatic heterocycles. The van der Waals surface area contributed by atoms with Gasteiger partial charge < -0.3 is 14.8 Å². The Morgan fingerprint density at radius 1 is 1.07 bits per heavy atom. The van der Waals surface area contributed by atoms with Crippen LogP contribution in [-0.4, -0.2) is 40.1 Å². The number of aryl methyl sites for hydroxylation is 1. The van der Waals surface area contributed by atoms with E-state index in [4.69, 9.17) is 0 Å². The monoisotopic (exact) mass is 362 g/mol. The number of nitrogens with one attached hydrogen (secondary N) is 1. The van der Waals surface area contributed by atoms with Crippen molar-refractivity contribution >= 4 is 17.1 Å². The second kappa shape index (κ2) is 7.82. The first kappa shape index (κ1) is 17.6. The minimum absolute atomic E-state index is 0.0450. The fourth-order valence-corrected chi connectivity index (χ4v) is 4.01. The Morgan fingerprint density at radius 3 is 2.56 bits per heavy atom. The van der Waals surface area contributed by atoms with Gasteiger partial charge in [0.15, 0.2) is 0 Å². The third-order valence-electron chi connectivity index (χ3n) is 5.51. The molecule has 4 rings (SSSR count). The van der Waals surface area contributed by atoms with Crippen molar-refractivity contribution in [1.82, 2.24) is 19.8 Å². The Morgan fingerprint density at radius 2 is 1.78 bits per heavy atom. The molecule has 0 radical (unpaired) electrons. The predicted octanol–water partition coefficient (Wildman–Crippen LogP) is 3.93. The maximum atomic E-state index is 12.5. The SMILES string of the molecule is Cc1nc2ccccc2n1CCNC(=O)N1CCC(c2ccccc2)CC1. The molecule has 5 nitrogen and oxygen atoms in total. The van der Waals surface area contributed by atoms with Crippen LogP contribution in [-0.2, 0) is 6.54 Å². The number of piperidine rings is 1. The number of carbonyl (C=O) groups is 1. The highest BCUT2D eigenvalue weighted by Gasteiger charge is 2.23. The van der Waals surface area contributed by atoms with Crippen LogP contribution in [0, 0.1) is 6.92 Å². The summed E-state index contributed by atoms with van der Waals surface area (Å²) >= 11 is 0. The summed E-state index contributed by atoms with van der Waals surface area (Å²) in [5, 5.41) is 3.08. The average Bonchev–Trinajstić information content (AvgIpc) is 3.04. The molecule has 0 saturated carbocycles. The number of aromatic nitrogens is 2.